The fourth-order valence-corrected chi connectivity index (χ4v) is 14.5. The van der Waals surface area contributed by atoms with Crippen molar-refractivity contribution >= 4 is 5.91 Å². The lowest BCUT2D eigenvalue weighted by molar-refractivity contribution is -0.379. The van der Waals surface area contributed by atoms with E-state index in [1.165, 1.54) is 244 Å². The van der Waals surface area contributed by atoms with Crippen molar-refractivity contribution in [3.63, 3.8) is 0 Å². The average Bonchev–Trinajstić information content (AvgIpc) is 0.781. The van der Waals surface area contributed by atoms with Gasteiger partial charge in [-0.05, 0) is 57.8 Å². The van der Waals surface area contributed by atoms with Crippen LogP contribution in [0.3, 0.4) is 0 Å². The molecule has 12 N–H and O–H groups in total. The number of carbonyl (C=O) groups excluding carboxylic acids is 1. The molecule has 19 heteroatoms. The van der Waals surface area contributed by atoms with Crippen LogP contribution >= 0.6 is 0 Å². The van der Waals surface area contributed by atoms with Gasteiger partial charge in [-0.25, -0.2) is 0 Å². The normalized spacial score (nSPS) is 26.0. The molecule has 3 heterocycles. The lowest BCUT2D eigenvalue weighted by atomic mass is 9.96. The zero-order valence-corrected chi connectivity index (χ0v) is 66.0. The standard InChI is InChI=1S/C86H157NO18/c1-3-5-7-9-11-13-15-17-19-21-23-25-27-29-31-32-33-34-35-36-38-39-41-43-45-47-49-51-53-55-57-59-61-63-70(91)69(87-74(92)64-62-60-58-56-54-52-50-48-46-44-42-40-37-30-28-26-24-22-20-18-16-14-12-10-8-6-4-2)68-100-84-80(98)77(95)82(72(66-89)102-84)105-86-81(99)78(96)83(73(67-90)103-86)104-85-79(97)76(94)75(93)71(65-88)101-85/h6,8,12,14,18,20,24,26,61,63,69-73,75-86,88-91,93-99H,3-5,7,9-11,13,15-17,19,21-23,25,27-60,62,64-68H2,1-2H3,(H,87,92)/b8-6-,14-12-,20-18-,26-24-,63-61+. The third kappa shape index (κ3) is 45.6. The molecule has 614 valence electrons. The van der Waals surface area contributed by atoms with Gasteiger partial charge in [0.2, 0.25) is 5.91 Å². The number of hydrogen-bond acceptors (Lipinski definition) is 18. The van der Waals surface area contributed by atoms with Crippen LogP contribution in [0.5, 0.6) is 0 Å². The molecule has 3 rings (SSSR count). The molecular formula is C86H157NO18. The van der Waals surface area contributed by atoms with Gasteiger partial charge in [0, 0.05) is 6.42 Å². The maximum atomic E-state index is 13.5. The smallest absolute Gasteiger partial charge is 0.220 e. The highest BCUT2D eigenvalue weighted by Gasteiger charge is 2.54. The van der Waals surface area contributed by atoms with Crippen molar-refractivity contribution in [1.82, 2.24) is 5.32 Å². The Bertz CT molecular complexity index is 2130. The number of hydrogen-bond donors (Lipinski definition) is 12. The molecule has 105 heavy (non-hydrogen) atoms. The predicted molar refractivity (Wildman–Crippen MR) is 420 cm³/mol. The van der Waals surface area contributed by atoms with Gasteiger partial charge in [0.15, 0.2) is 18.9 Å². The Balaban J connectivity index is 1.35. The molecule has 0 aromatic rings. The summed E-state index contributed by atoms with van der Waals surface area (Å²) in [5.41, 5.74) is 0. The zero-order chi connectivity index (χ0) is 76.0. The molecule has 0 bridgehead atoms. The number of carbonyl (C=O) groups is 1. The summed E-state index contributed by atoms with van der Waals surface area (Å²) in [5, 5.41) is 121. The van der Waals surface area contributed by atoms with Crippen molar-refractivity contribution in [3.8, 4) is 0 Å². The van der Waals surface area contributed by atoms with E-state index in [0.717, 1.165) is 77.0 Å². The third-order valence-corrected chi connectivity index (χ3v) is 21.3. The highest BCUT2D eigenvalue weighted by atomic mass is 16.8. The second-order valence-corrected chi connectivity index (χ2v) is 30.6. The maximum Gasteiger partial charge on any atom is 0.220 e. The van der Waals surface area contributed by atoms with Crippen molar-refractivity contribution < 1.29 is 89.4 Å². The highest BCUT2D eigenvalue weighted by molar-refractivity contribution is 5.76. The molecule has 3 aliphatic heterocycles. The van der Waals surface area contributed by atoms with E-state index in [0.29, 0.717) is 6.42 Å². The predicted octanol–water partition coefficient (Wildman–Crippen LogP) is 15.4. The minimum Gasteiger partial charge on any atom is -0.394 e. The largest absolute Gasteiger partial charge is 0.394 e. The summed E-state index contributed by atoms with van der Waals surface area (Å²) >= 11 is 0. The highest BCUT2D eigenvalue weighted by Crippen LogP contribution is 2.33. The van der Waals surface area contributed by atoms with Gasteiger partial charge in [-0.1, -0.05) is 344 Å². The molecule has 0 saturated carbocycles. The first-order valence-corrected chi connectivity index (χ1v) is 43.0. The Kier molecular flexibility index (Phi) is 60.9. The lowest BCUT2D eigenvalue weighted by Crippen LogP contribution is -2.66. The van der Waals surface area contributed by atoms with Gasteiger partial charge in [-0.2, -0.15) is 0 Å². The van der Waals surface area contributed by atoms with Crippen LogP contribution in [0, 0.1) is 0 Å². The van der Waals surface area contributed by atoms with Gasteiger partial charge in [0.25, 0.3) is 0 Å². The number of unbranched alkanes of at least 4 members (excludes halogenated alkanes) is 45. The van der Waals surface area contributed by atoms with E-state index in [1.807, 2.05) is 6.08 Å². The Morgan fingerprint density at radius 1 is 0.352 bits per heavy atom. The van der Waals surface area contributed by atoms with E-state index in [2.05, 4.69) is 67.8 Å². The summed E-state index contributed by atoms with van der Waals surface area (Å²) in [6.07, 6.45) is 59.3. The van der Waals surface area contributed by atoms with E-state index in [1.54, 1.807) is 6.08 Å². The van der Waals surface area contributed by atoms with Gasteiger partial charge >= 0.3 is 0 Å². The molecule has 17 unspecified atom stereocenters. The summed E-state index contributed by atoms with van der Waals surface area (Å²) in [5.74, 6) is -0.273. The Morgan fingerprint density at radius 2 is 0.657 bits per heavy atom. The molecule has 1 amide bonds. The third-order valence-electron chi connectivity index (χ3n) is 21.3. The second kappa shape index (κ2) is 66.1. The number of ether oxygens (including phenoxy) is 6. The Hall–Kier alpha value is -2.51. The summed E-state index contributed by atoms with van der Waals surface area (Å²) in [6.45, 7) is 1.67. The van der Waals surface area contributed by atoms with Crippen LogP contribution in [0.2, 0.25) is 0 Å². The van der Waals surface area contributed by atoms with Gasteiger partial charge in [0.1, 0.15) is 73.2 Å². The van der Waals surface area contributed by atoms with Crippen LogP contribution in [0.25, 0.3) is 0 Å². The van der Waals surface area contributed by atoms with Gasteiger partial charge < -0.3 is 89.9 Å². The SMILES string of the molecule is CC/C=C\C/C=C\C/C=C\C/C=C\CCCCCCCCCCCCCCCCC(=O)NC(COC1OC(CO)C(OC2OC(CO)C(OC3OC(CO)C(O)C(O)C3O)C(O)C2O)C(O)C1O)C(O)/C=C/CCCCCCCCCCCCCCCCCCCCCCCCCCCCCCCCC. The van der Waals surface area contributed by atoms with Crippen LogP contribution in [0.1, 0.15) is 348 Å². The Morgan fingerprint density at radius 3 is 1.03 bits per heavy atom. The Labute approximate surface area is 636 Å². The van der Waals surface area contributed by atoms with Crippen molar-refractivity contribution in [3.05, 3.63) is 60.8 Å². The minimum absolute atomic E-state index is 0.242. The molecule has 0 spiro atoms. The molecular weight excluding hydrogens is 1330 g/mol. The minimum atomic E-state index is -1.98. The molecule has 3 aliphatic rings. The van der Waals surface area contributed by atoms with Crippen molar-refractivity contribution in [2.24, 2.45) is 0 Å². The fourth-order valence-electron chi connectivity index (χ4n) is 14.5. The maximum absolute atomic E-state index is 13.5. The van der Waals surface area contributed by atoms with Crippen LogP contribution in [0.15, 0.2) is 60.8 Å². The van der Waals surface area contributed by atoms with E-state index in [4.69, 9.17) is 28.4 Å². The van der Waals surface area contributed by atoms with Crippen LogP contribution in [0.4, 0.5) is 0 Å². The molecule has 0 aromatic carbocycles. The van der Waals surface area contributed by atoms with E-state index < -0.39 is 124 Å². The number of amides is 1. The van der Waals surface area contributed by atoms with Crippen LogP contribution in [-0.2, 0) is 33.2 Å². The first-order chi connectivity index (χ1) is 51.3. The fraction of sp³-hybridized carbons (Fsp3) is 0.872. The van der Waals surface area contributed by atoms with E-state index in [-0.39, 0.29) is 18.9 Å². The molecule has 3 fully saturated rings. The van der Waals surface area contributed by atoms with Gasteiger partial charge in [0.05, 0.1) is 38.6 Å². The average molecular weight is 1490 g/mol. The van der Waals surface area contributed by atoms with Crippen LogP contribution in [-0.4, -0.2) is 193 Å². The van der Waals surface area contributed by atoms with Crippen molar-refractivity contribution in [2.75, 3.05) is 26.4 Å². The van der Waals surface area contributed by atoms with Crippen LogP contribution < -0.4 is 5.32 Å². The van der Waals surface area contributed by atoms with Crippen molar-refractivity contribution in [1.29, 1.82) is 0 Å². The van der Waals surface area contributed by atoms with E-state index >= 15 is 0 Å². The van der Waals surface area contributed by atoms with Crippen molar-refractivity contribution in [2.45, 2.75) is 452 Å². The topological polar surface area (TPSA) is 307 Å². The number of rotatable bonds is 69. The quantitative estimate of drug-likeness (QED) is 0.0199. The van der Waals surface area contributed by atoms with E-state index in [9.17, 15) is 61.0 Å². The molecule has 17 atom stereocenters. The van der Waals surface area contributed by atoms with Gasteiger partial charge in [-0.3, -0.25) is 4.79 Å². The second-order valence-electron chi connectivity index (χ2n) is 30.6. The monoisotopic (exact) mass is 1490 g/mol. The zero-order valence-electron chi connectivity index (χ0n) is 66.0. The molecule has 0 aromatic heterocycles. The number of aliphatic hydroxyl groups is 11. The molecule has 0 radical (unpaired) electrons. The molecule has 0 aliphatic carbocycles. The lowest BCUT2D eigenvalue weighted by Gasteiger charge is -2.48. The molecule has 3 saturated heterocycles. The summed E-state index contributed by atoms with van der Waals surface area (Å²) < 4.78 is 34.5. The summed E-state index contributed by atoms with van der Waals surface area (Å²) in [6, 6.07) is -0.978. The number of aliphatic hydroxyl groups excluding tert-OH is 11. The first-order valence-electron chi connectivity index (χ1n) is 43.0. The summed E-state index contributed by atoms with van der Waals surface area (Å²) in [4.78, 5) is 13.5. The number of allylic oxidation sites excluding steroid dienone is 9. The summed E-state index contributed by atoms with van der Waals surface area (Å²) in [7, 11) is 0. The number of nitrogens with one attached hydrogen (secondary N) is 1. The molecule has 19 nitrogen and oxygen atoms in total. The first kappa shape index (κ1) is 96.7. The van der Waals surface area contributed by atoms with Gasteiger partial charge in [-0.15, -0.1) is 0 Å².